The summed E-state index contributed by atoms with van der Waals surface area (Å²) in [5, 5.41) is 0. The van der Waals surface area contributed by atoms with Gasteiger partial charge >= 0.3 is 0 Å². The van der Waals surface area contributed by atoms with Crippen molar-refractivity contribution in [3.05, 3.63) is 0 Å². The summed E-state index contributed by atoms with van der Waals surface area (Å²) in [7, 11) is 0. The highest BCUT2D eigenvalue weighted by atomic mass is 14.8. The van der Waals surface area contributed by atoms with Crippen LogP contribution in [0.5, 0.6) is 0 Å². The Kier molecular flexibility index (Phi) is 1.71. The minimum absolute atomic E-state index is 0.266. The molecule has 2 aliphatic carbocycles. The predicted molar refractivity (Wildman–Crippen MR) is 47.3 cm³/mol. The maximum absolute atomic E-state index is 6.17. The Bertz CT molecular complexity index is 145. The first-order valence-electron chi connectivity index (χ1n) is 4.98. The van der Waals surface area contributed by atoms with E-state index in [1.54, 1.807) is 0 Å². The summed E-state index contributed by atoms with van der Waals surface area (Å²) in [4.78, 5) is 0. The van der Waals surface area contributed by atoms with Crippen LogP contribution in [0.4, 0.5) is 0 Å². The zero-order valence-corrected chi connectivity index (χ0v) is 7.47. The molecule has 2 N–H and O–H groups in total. The van der Waals surface area contributed by atoms with Crippen molar-refractivity contribution in [1.29, 1.82) is 0 Å². The van der Waals surface area contributed by atoms with Gasteiger partial charge in [0.2, 0.25) is 0 Å². The average molecular weight is 153 g/mol. The third-order valence-corrected chi connectivity index (χ3v) is 3.50. The van der Waals surface area contributed by atoms with Gasteiger partial charge in [-0.15, -0.1) is 0 Å². The summed E-state index contributed by atoms with van der Waals surface area (Å²) >= 11 is 0. The first-order valence-corrected chi connectivity index (χ1v) is 4.98. The molecule has 0 aromatic rings. The zero-order valence-electron chi connectivity index (χ0n) is 7.47. The monoisotopic (exact) mass is 153 g/mol. The van der Waals surface area contributed by atoms with Crippen molar-refractivity contribution in [3.63, 3.8) is 0 Å². The average Bonchev–Trinajstić information content (AvgIpc) is 2.64. The zero-order chi connectivity index (χ0) is 7.90. The fraction of sp³-hybridized carbons (Fsp3) is 1.00. The van der Waals surface area contributed by atoms with Crippen molar-refractivity contribution in [2.45, 2.75) is 51.0 Å². The number of hydrogen-bond donors (Lipinski definition) is 1. The Balaban J connectivity index is 1.78. The number of nitrogens with two attached hydrogens (primary N) is 1. The van der Waals surface area contributed by atoms with Crippen molar-refractivity contribution < 1.29 is 0 Å². The maximum atomic E-state index is 6.17. The van der Waals surface area contributed by atoms with E-state index in [1.807, 2.05) is 0 Å². The molecule has 11 heavy (non-hydrogen) atoms. The van der Waals surface area contributed by atoms with Crippen LogP contribution >= 0.6 is 0 Å². The van der Waals surface area contributed by atoms with Gasteiger partial charge in [0.1, 0.15) is 0 Å². The van der Waals surface area contributed by atoms with E-state index in [-0.39, 0.29) is 5.54 Å². The van der Waals surface area contributed by atoms with E-state index in [4.69, 9.17) is 5.73 Å². The Morgan fingerprint density at radius 2 is 2.09 bits per heavy atom. The molecule has 0 bridgehead atoms. The third-order valence-electron chi connectivity index (χ3n) is 3.50. The van der Waals surface area contributed by atoms with Crippen LogP contribution in [0.25, 0.3) is 0 Å². The van der Waals surface area contributed by atoms with Gasteiger partial charge in [-0.25, -0.2) is 0 Å². The fourth-order valence-corrected chi connectivity index (χ4v) is 2.31. The second kappa shape index (κ2) is 2.48. The lowest BCUT2D eigenvalue weighted by Crippen LogP contribution is -2.47. The second-order valence-corrected chi connectivity index (χ2v) is 4.73. The van der Waals surface area contributed by atoms with E-state index < -0.39 is 0 Å². The first kappa shape index (κ1) is 7.60. The van der Waals surface area contributed by atoms with Crippen LogP contribution in [0, 0.1) is 11.8 Å². The van der Waals surface area contributed by atoms with Gasteiger partial charge in [-0.2, -0.15) is 0 Å². The Labute approximate surface area is 69.4 Å². The number of rotatable bonds is 3. The SMILES string of the molecule is CC(CC1(N)CCC1)C1CC1. The van der Waals surface area contributed by atoms with Crippen LogP contribution < -0.4 is 5.73 Å². The van der Waals surface area contributed by atoms with Gasteiger partial charge in [0, 0.05) is 5.54 Å². The van der Waals surface area contributed by atoms with Crippen LogP contribution in [0.15, 0.2) is 0 Å². The molecule has 1 heteroatoms. The van der Waals surface area contributed by atoms with Crippen molar-refractivity contribution in [2.75, 3.05) is 0 Å². The summed E-state index contributed by atoms with van der Waals surface area (Å²) in [6.07, 6.45) is 8.16. The molecule has 1 unspecified atom stereocenters. The second-order valence-electron chi connectivity index (χ2n) is 4.73. The Morgan fingerprint density at radius 3 is 2.45 bits per heavy atom. The van der Waals surface area contributed by atoms with Crippen LogP contribution in [0.1, 0.15) is 45.4 Å². The van der Waals surface area contributed by atoms with Gasteiger partial charge in [-0.05, 0) is 50.4 Å². The van der Waals surface area contributed by atoms with E-state index in [9.17, 15) is 0 Å². The van der Waals surface area contributed by atoms with Crippen LogP contribution in [-0.2, 0) is 0 Å². The molecule has 0 radical (unpaired) electrons. The molecule has 2 rings (SSSR count). The molecule has 0 aromatic heterocycles. The highest BCUT2D eigenvalue weighted by Gasteiger charge is 2.38. The molecule has 0 spiro atoms. The molecular weight excluding hydrogens is 134 g/mol. The fourth-order valence-electron chi connectivity index (χ4n) is 2.31. The van der Waals surface area contributed by atoms with E-state index in [0.717, 1.165) is 11.8 Å². The van der Waals surface area contributed by atoms with Crippen molar-refractivity contribution in [1.82, 2.24) is 0 Å². The lowest BCUT2D eigenvalue weighted by Gasteiger charge is -2.40. The smallest absolute Gasteiger partial charge is 0.0157 e. The van der Waals surface area contributed by atoms with Crippen LogP contribution in [-0.4, -0.2) is 5.54 Å². The molecule has 0 aliphatic heterocycles. The van der Waals surface area contributed by atoms with E-state index in [1.165, 1.54) is 38.5 Å². The van der Waals surface area contributed by atoms with Crippen LogP contribution in [0.3, 0.4) is 0 Å². The molecule has 2 saturated carbocycles. The molecule has 0 heterocycles. The standard InChI is InChI=1S/C10H19N/c1-8(9-3-4-9)7-10(11)5-2-6-10/h8-9H,2-7,11H2,1H3. The summed E-state index contributed by atoms with van der Waals surface area (Å²) in [5.41, 5.74) is 6.44. The van der Waals surface area contributed by atoms with Crippen molar-refractivity contribution >= 4 is 0 Å². The highest BCUT2D eigenvalue weighted by molar-refractivity contribution is 4.95. The molecule has 0 aromatic carbocycles. The molecule has 1 atom stereocenters. The van der Waals surface area contributed by atoms with E-state index in [2.05, 4.69) is 6.92 Å². The minimum atomic E-state index is 0.266. The molecule has 2 fully saturated rings. The van der Waals surface area contributed by atoms with Gasteiger partial charge < -0.3 is 5.73 Å². The quantitative estimate of drug-likeness (QED) is 0.661. The van der Waals surface area contributed by atoms with E-state index >= 15 is 0 Å². The summed E-state index contributed by atoms with van der Waals surface area (Å²) < 4.78 is 0. The summed E-state index contributed by atoms with van der Waals surface area (Å²) in [6.45, 7) is 2.38. The van der Waals surface area contributed by atoms with Gasteiger partial charge in [0.15, 0.2) is 0 Å². The van der Waals surface area contributed by atoms with Crippen molar-refractivity contribution in [2.24, 2.45) is 17.6 Å². The molecule has 1 nitrogen and oxygen atoms in total. The van der Waals surface area contributed by atoms with Crippen molar-refractivity contribution in [3.8, 4) is 0 Å². The summed E-state index contributed by atoms with van der Waals surface area (Å²) in [6, 6.07) is 0. The Hall–Kier alpha value is -0.0400. The van der Waals surface area contributed by atoms with Crippen LogP contribution in [0.2, 0.25) is 0 Å². The van der Waals surface area contributed by atoms with E-state index in [0.29, 0.717) is 0 Å². The molecular formula is C10H19N. The normalized spacial score (nSPS) is 31.1. The lowest BCUT2D eigenvalue weighted by molar-refractivity contribution is 0.192. The topological polar surface area (TPSA) is 26.0 Å². The first-order chi connectivity index (χ1) is 5.20. The molecule has 0 saturated heterocycles. The molecule has 64 valence electrons. The van der Waals surface area contributed by atoms with Gasteiger partial charge in [-0.1, -0.05) is 6.92 Å². The molecule has 0 amide bonds. The molecule has 2 aliphatic rings. The summed E-state index contributed by atoms with van der Waals surface area (Å²) in [5.74, 6) is 1.94. The minimum Gasteiger partial charge on any atom is -0.325 e. The predicted octanol–water partition coefficient (Wildman–Crippen LogP) is 2.30. The highest BCUT2D eigenvalue weighted by Crippen LogP contribution is 2.43. The van der Waals surface area contributed by atoms with Gasteiger partial charge in [0.25, 0.3) is 0 Å². The maximum Gasteiger partial charge on any atom is 0.0157 e. The largest absolute Gasteiger partial charge is 0.325 e. The van der Waals surface area contributed by atoms with Gasteiger partial charge in [-0.3, -0.25) is 0 Å². The Morgan fingerprint density at radius 1 is 1.45 bits per heavy atom. The number of hydrogen-bond acceptors (Lipinski definition) is 1. The lowest BCUT2D eigenvalue weighted by atomic mass is 9.72. The van der Waals surface area contributed by atoms with Gasteiger partial charge in [0.05, 0.1) is 0 Å². The third kappa shape index (κ3) is 1.58.